The summed E-state index contributed by atoms with van der Waals surface area (Å²) in [6.45, 7) is 2.21. The van der Waals surface area contributed by atoms with Gasteiger partial charge in [0.1, 0.15) is 0 Å². The zero-order valence-corrected chi connectivity index (χ0v) is 10.8. The van der Waals surface area contributed by atoms with E-state index in [0.717, 1.165) is 6.42 Å². The molecule has 0 aliphatic rings. The summed E-state index contributed by atoms with van der Waals surface area (Å²) in [4.78, 5) is 4.06. The van der Waals surface area contributed by atoms with Crippen LogP contribution < -0.4 is 0 Å². The average Bonchev–Trinajstić information content (AvgIpc) is 2.75. The fourth-order valence-corrected chi connectivity index (χ4v) is 2.20. The lowest BCUT2D eigenvalue weighted by atomic mass is 10.1. The molecule has 2 rings (SSSR count). The maximum atomic E-state index is 4.06. The van der Waals surface area contributed by atoms with Gasteiger partial charge >= 0.3 is 0 Å². The highest BCUT2D eigenvalue weighted by molar-refractivity contribution is 14.1. The first-order valence-electron chi connectivity index (χ1n) is 5.08. The van der Waals surface area contributed by atoms with Gasteiger partial charge in [0.15, 0.2) is 0 Å². The summed E-state index contributed by atoms with van der Waals surface area (Å²) < 4.78 is 3.38. The van der Waals surface area contributed by atoms with Crippen molar-refractivity contribution < 1.29 is 0 Å². The lowest BCUT2D eigenvalue weighted by Crippen LogP contribution is -1.94. The lowest BCUT2D eigenvalue weighted by molar-refractivity contribution is 0.911. The minimum atomic E-state index is 1.14. The van der Waals surface area contributed by atoms with Gasteiger partial charge in [-0.05, 0) is 52.8 Å². The summed E-state index contributed by atoms with van der Waals surface area (Å²) in [6.07, 6.45) is 7.93. The van der Waals surface area contributed by atoms with Gasteiger partial charge in [-0.3, -0.25) is 0 Å². The second-order valence-electron chi connectivity index (χ2n) is 3.50. The van der Waals surface area contributed by atoms with Crippen molar-refractivity contribution in [3.63, 3.8) is 0 Å². The quantitative estimate of drug-likeness (QED) is 0.794. The highest BCUT2D eigenvalue weighted by Gasteiger charge is 2.01. The molecule has 0 amide bonds. The molecule has 0 atom stereocenters. The van der Waals surface area contributed by atoms with Gasteiger partial charge in [0, 0.05) is 21.7 Å². The van der Waals surface area contributed by atoms with E-state index in [4.69, 9.17) is 0 Å². The molecular formula is C12H13IN2. The van der Waals surface area contributed by atoms with Crippen LogP contribution in [0.15, 0.2) is 36.9 Å². The SMILES string of the molecule is CCCc1cc(-n2ccnc2)ccc1I. The smallest absolute Gasteiger partial charge is 0.0991 e. The van der Waals surface area contributed by atoms with Gasteiger partial charge in [-0.1, -0.05) is 13.3 Å². The van der Waals surface area contributed by atoms with E-state index in [-0.39, 0.29) is 0 Å². The molecule has 0 aliphatic heterocycles. The molecular weight excluding hydrogens is 299 g/mol. The molecule has 0 aliphatic carbocycles. The number of hydrogen-bond acceptors (Lipinski definition) is 1. The van der Waals surface area contributed by atoms with Crippen LogP contribution in [0.25, 0.3) is 5.69 Å². The summed E-state index contributed by atoms with van der Waals surface area (Å²) in [6, 6.07) is 6.54. The minimum Gasteiger partial charge on any atom is -0.306 e. The Bertz CT molecular complexity index is 435. The normalized spacial score (nSPS) is 10.5. The van der Waals surface area contributed by atoms with Crippen LogP contribution in [0.4, 0.5) is 0 Å². The fourth-order valence-electron chi connectivity index (χ4n) is 1.59. The van der Waals surface area contributed by atoms with E-state index in [1.54, 1.807) is 6.20 Å². The van der Waals surface area contributed by atoms with Gasteiger partial charge in [0.05, 0.1) is 6.33 Å². The van der Waals surface area contributed by atoms with Crippen molar-refractivity contribution in [1.82, 2.24) is 9.55 Å². The number of benzene rings is 1. The van der Waals surface area contributed by atoms with E-state index < -0.39 is 0 Å². The average molecular weight is 312 g/mol. The molecule has 0 N–H and O–H groups in total. The van der Waals surface area contributed by atoms with Crippen molar-refractivity contribution in [3.05, 3.63) is 46.1 Å². The highest BCUT2D eigenvalue weighted by atomic mass is 127. The van der Waals surface area contributed by atoms with Gasteiger partial charge in [0.2, 0.25) is 0 Å². The monoisotopic (exact) mass is 312 g/mol. The Morgan fingerprint density at radius 2 is 2.27 bits per heavy atom. The molecule has 2 aromatic rings. The number of hydrogen-bond donors (Lipinski definition) is 0. The molecule has 2 nitrogen and oxygen atoms in total. The highest BCUT2D eigenvalue weighted by Crippen LogP contribution is 2.18. The Labute approximate surface area is 103 Å². The first-order chi connectivity index (χ1) is 7.31. The third-order valence-electron chi connectivity index (χ3n) is 2.35. The lowest BCUT2D eigenvalue weighted by Gasteiger charge is -2.07. The number of nitrogens with zero attached hydrogens (tertiary/aromatic N) is 2. The van der Waals surface area contributed by atoms with Crippen LogP contribution in [-0.2, 0) is 6.42 Å². The van der Waals surface area contributed by atoms with Crippen molar-refractivity contribution in [2.24, 2.45) is 0 Å². The predicted molar refractivity (Wildman–Crippen MR) is 70.3 cm³/mol. The number of imidazole rings is 1. The molecule has 1 aromatic carbocycles. The van der Waals surface area contributed by atoms with Crippen molar-refractivity contribution >= 4 is 22.6 Å². The Kier molecular flexibility index (Phi) is 3.41. The van der Waals surface area contributed by atoms with E-state index >= 15 is 0 Å². The molecule has 0 saturated carbocycles. The predicted octanol–water partition coefficient (Wildman–Crippen LogP) is 3.43. The topological polar surface area (TPSA) is 17.8 Å². The van der Waals surface area contributed by atoms with Gasteiger partial charge in [-0.25, -0.2) is 4.98 Å². The Balaban J connectivity index is 2.38. The summed E-state index contributed by atoms with van der Waals surface area (Å²) >= 11 is 2.39. The first-order valence-corrected chi connectivity index (χ1v) is 6.16. The van der Waals surface area contributed by atoms with Crippen molar-refractivity contribution in [3.8, 4) is 5.69 Å². The van der Waals surface area contributed by atoms with E-state index in [2.05, 4.69) is 52.7 Å². The molecule has 3 heteroatoms. The molecule has 0 spiro atoms. The van der Waals surface area contributed by atoms with Crippen LogP contribution in [0.1, 0.15) is 18.9 Å². The zero-order chi connectivity index (χ0) is 10.7. The van der Waals surface area contributed by atoms with E-state index in [1.807, 2.05) is 17.1 Å². The van der Waals surface area contributed by atoms with E-state index in [0.29, 0.717) is 0 Å². The van der Waals surface area contributed by atoms with Gasteiger partial charge < -0.3 is 4.57 Å². The van der Waals surface area contributed by atoms with Crippen molar-refractivity contribution in [2.45, 2.75) is 19.8 Å². The number of rotatable bonds is 3. The number of aromatic nitrogens is 2. The summed E-state index contributed by atoms with van der Waals surface area (Å²) in [5.41, 5.74) is 2.61. The van der Waals surface area contributed by atoms with E-state index in [9.17, 15) is 0 Å². The number of aryl methyl sites for hydroxylation is 1. The van der Waals surface area contributed by atoms with E-state index in [1.165, 1.54) is 21.2 Å². The van der Waals surface area contributed by atoms with Crippen LogP contribution in [0, 0.1) is 3.57 Å². The van der Waals surface area contributed by atoms with Crippen molar-refractivity contribution in [2.75, 3.05) is 0 Å². The number of halogens is 1. The third-order valence-corrected chi connectivity index (χ3v) is 3.40. The van der Waals surface area contributed by atoms with Crippen molar-refractivity contribution in [1.29, 1.82) is 0 Å². The van der Waals surface area contributed by atoms with Crippen LogP contribution >= 0.6 is 22.6 Å². The largest absolute Gasteiger partial charge is 0.306 e. The van der Waals surface area contributed by atoms with Gasteiger partial charge in [-0.15, -0.1) is 0 Å². The van der Waals surface area contributed by atoms with Crippen LogP contribution in [0.3, 0.4) is 0 Å². The Morgan fingerprint density at radius 3 is 2.93 bits per heavy atom. The molecule has 0 bridgehead atoms. The molecule has 0 saturated heterocycles. The second kappa shape index (κ2) is 4.79. The first kappa shape index (κ1) is 10.7. The van der Waals surface area contributed by atoms with Crippen LogP contribution in [-0.4, -0.2) is 9.55 Å². The molecule has 1 heterocycles. The maximum absolute atomic E-state index is 4.06. The fraction of sp³-hybridized carbons (Fsp3) is 0.250. The molecule has 0 radical (unpaired) electrons. The molecule has 0 unspecified atom stereocenters. The second-order valence-corrected chi connectivity index (χ2v) is 4.66. The summed E-state index contributed by atoms with van der Waals surface area (Å²) in [5.74, 6) is 0. The Morgan fingerprint density at radius 1 is 1.40 bits per heavy atom. The Hall–Kier alpha value is -0.840. The summed E-state index contributed by atoms with van der Waals surface area (Å²) in [7, 11) is 0. The molecule has 0 fully saturated rings. The molecule has 78 valence electrons. The molecule has 1 aromatic heterocycles. The standard InChI is InChI=1S/C12H13IN2/c1-2-3-10-8-11(4-5-12(10)13)15-7-6-14-9-15/h4-9H,2-3H2,1H3. The zero-order valence-electron chi connectivity index (χ0n) is 8.65. The van der Waals surface area contributed by atoms with Crippen LogP contribution in [0.2, 0.25) is 0 Å². The van der Waals surface area contributed by atoms with Gasteiger partial charge in [0.25, 0.3) is 0 Å². The maximum Gasteiger partial charge on any atom is 0.0991 e. The third kappa shape index (κ3) is 2.40. The van der Waals surface area contributed by atoms with Crippen LogP contribution in [0.5, 0.6) is 0 Å². The minimum absolute atomic E-state index is 1.14. The van der Waals surface area contributed by atoms with Gasteiger partial charge in [-0.2, -0.15) is 0 Å². The molecule has 15 heavy (non-hydrogen) atoms. The summed E-state index contributed by atoms with van der Waals surface area (Å²) in [5, 5.41) is 0.